The van der Waals surface area contributed by atoms with Crippen LogP contribution in [0.15, 0.2) is 30.3 Å². The van der Waals surface area contributed by atoms with E-state index in [1.807, 2.05) is 13.1 Å². The van der Waals surface area contributed by atoms with Gasteiger partial charge >= 0.3 is 0 Å². The first-order chi connectivity index (χ1) is 10.6. The van der Waals surface area contributed by atoms with E-state index in [1.54, 1.807) is 19.2 Å². The first-order valence-corrected chi connectivity index (χ1v) is 7.10. The average Bonchev–Trinajstić information content (AvgIpc) is 2.92. The Hall–Kier alpha value is -2.14. The van der Waals surface area contributed by atoms with E-state index >= 15 is 0 Å². The summed E-state index contributed by atoms with van der Waals surface area (Å²) in [6.07, 6.45) is 0.680. The summed E-state index contributed by atoms with van der Waals surface area (Å²) >= 11 is 0. The number of halogens is 2. The Morgan fingerprint density at radius 1 is 1.27 bits per heavy atom. The molecule has 0 aliphatic carbocycles. The number of hydrogen-bond donors (Lipinski definition) is 1. The van der Waals surface area contributed by atoms with Crippen molar-refractivity contribution in [3.05, 3.63) is 47.5 Å². The summed E-state index contributed by atoms with van der Waals surface area (Å²) < 4.78 is 38.9. The molecule has 116 valence electrons. The van der Waals surface area contributed by atoms with Crippen molar-refractivity contribution in [2.75, 3.05) is 20.7 Å². The van der Waals surface area contributed by atoms with Crippen molar-refractivity contribution in [1.29, 1.82) is 0 Å². The summed E-state index contributed by atoms with van der Waals surface area (Å²) in [4.78, 5) is 0. The lowest BCUT2D eigenvalue weighted by molar-refractivity contribution is 0.232. The minimum absolute atomic E-state index is 0.0255. The van der Waals surface area contributed by atoms with Gasteiger partial charge in [0.2, 0.25) is 0 Å². The normalized spacial score (nSPS) is 16.3. The standard InChI is InChI=1S/C17H17F2NO2/c1-20-9-12-7-10-6-11(21-2)8-14(17(10)22-12)13-4-3-5-15(18)16(13)19/h3-6,8,12,20H,7,9H2,1-2H3. The van der Waals surface area contributed by atoms with Crippen molar-refractivity contribution in [3.8, 4) is 22.6 Å². The highest BCUT2D eigenvalue weighted by molar-refractivity contribution is 5.75. The molecule has 0 aromatic heterocycles. The van der Waals surface area contributed by atoms with Crippen LogP contribution in [0, 0.1) is 11.6 Å². The summed E-state index contributed by atoms with van der Waals surface area (Å²) in [5.41, 5.74) is 1.64. The molecular formula is C17H17F2NO2. The molecule has 1 atom stereocenters. The lowest BCUT2D eigenvalue weighted by Gasteiger charge is -2.14. The molecule has 2 aromatic rings. The third-order valence-electron chi connectivity index (χ3n) is 3.78. The molecule has 1 aliphatic rings. The van der Waals surface area contributed by atoms with E-state index in [4.69, 9.17) is 9.47 Å². The quantitative estimate of drug-likeness (QED) is 0.941. The molecule has 0 bridgehead atoms. The van der Waals surface area contributed by atoms with E-state index in [1.165, 1.54) is 6.07 Å². The van der Waals surface area contributed by atoms with Crippen molar-refractivity contribution in [1.82, 2.24) is 5.32 Å². The highest BCUT2D eigenvalue weighted by Gasteiger charge is 2.28. The second-order valence-electron chi connectivity index (χ2n) is 5.27. The van der Waals surface area contributed by atoms with Gasteiger partial charge in [-0.1, -0.05) is 12.1 Å². The van der Waals surface area contributed by atoms with Crippen LogP contribution in [-0.4, -0.2) is 26.8 Å². The van der Waals surface area contributed by atoms with Crippen LogP contribution in [0.25, 0.3) is 11.1 Å². The SMILES string of the molecule is CNCC1Cc2cc(OC)cc(-c3cccc(F)c3F)c2O1. The van der Waals surface area contributed by atoms with Crippen molar-refractivity contribution >= 4 is 0 Å². The van der Waals surface area contributed by atoms with Gasteiger partial charge in [0, 0.05) is 29.7 Å². The zero-order chi connectivity index (χ0) is 15.7. The molecule has 0 fully saturated rings. The van der Waals surface area contributed by atoms with Gasteiger partial charge in [-0.15, -0.1) is 0 Å². The van der Waals surface area contributed by atoms with Gasteiger partial charge in [0.25, 0.3) is 0 Å². The molecule has 3 rings (SSSR count). The molecule has 0 saturated carbocycles. The molecule has 1 unspecified atom stereocenters. The minimum atomic E-state index is -0.876. The maximum absolute atomic E-state index is 14.2. The Bertz CT molecular complexity index is 703. The van der Waals surface area contributed by atoms with Crippen LogP contribution in [0.4, 0.5) is 8.78 Å². The topological polar surface area (TPSA) is 30.5 Å². The van der Waals surface area contributed by atoms with Crippen LogP contribution in [0.3, 0.4) is 0 Å². The Labute approximate surface area is 127 Å². The molecule has 0 amide bonds. The molecule has 1 heterocycles. The molecule has 1 aliphatic heterocycles. The number of fused-ring (bicyclic) bond motifs is 1. The van der Waals surface area contributed by atoms with Gasteiger partial charge in [-0.2, -0.15) is 0 Å². The summed E-state index contributed by atoms with van der Waals surface area (Å²) in [5, 5.41) is 3.06. The fourth-order valence-corrected chi connectivity index (χ4v) is 2.78. The van der Waals surface area contributed by atoms with Crippen LogP contribution < -0.4 is 14.8 Å². The molecule has 1 N–H and O–H groups in total. The Kier molecular flexibility index (Phi) is 3.98. The number of rotatable bonds is 4. The van der Waals surface area contributed by atoms with E-state index in [9.17, 15) is 8.78 Å². The van der Waals surface area contributed by atoms with Crippen molar-refractivity contribution < 1.29 is 18.3 Å². The van der Waals surface area contributed by atoms with Gasteiger partial charge in [-0.25, -0.2) is 8.78 Å². The zero-order valence-electron chi connectivity index (χ0n) is 12.5. The molecule has 0 saturated heterocycles. The number of ether oxygens (including phenoxy) is 2. The number of methoxy groups -OCH3 is 1. The van der Waals surface area contributed by atoms with Crippen LogP contribution in [0.1, 0.15) is 5.56 Å². The lowest BCUT2D eigenvalue weighted by atomic mass is 9.99. The maximum atomic E-state index is 14.2. The highest BCUT2D eigenvalue weighted by Crippen LogP contribution is 2.42. The van der Waals surface area contributed by atoms with E-state index < -0.39 is 11.6 Å². The van der Waals surface area contributed by atoms with Gasteiger partial charge in [0.05, 0.1) is 7.11 Å². The van der Waals surface area contributed by atoms with Crippen molar-refractivity contribution in [2.45, 2.75) is 12.5 Å². The molecule has 2 aromatic carbocycles. The predicted octanol–water partition coefficient (Wildman–Crippen LogP) is 3.16. The van der Waals surface area contributed by atoms with Crippen LogP contribution in [0.5, 0.6) is 11.5 Å². The summed E-state index contributed by atoms with van der Waals surface area (Å²) in [7, 11) is 3.40. The fourth-order valence-electron chi connectivity index (χ4n) is 2.78. The second-order valence-corrected chi connectivity index (χ2v) is 5.27. The summed E-state index contributed by atoms with van der Waals surface area (Å²) in [6, 6.07) is 7.69. The predicted molar refractivity (Wildman–Crippen MR) is 80.4 cm³/mol. The second kappa shape index (κ2) is 5.93. The Morgan fingerprint density at radius 2 is 2.09 bits per heavy atom. The van der Waals surface area contributed by atoms with E-state index in [-0.39, 0.29) is 11.7 Å². The minimum Gasteiger partial charge on any atom is -0.497 e. The first-order valence-electron chi connectivity index (χ1n) is 7.10. The van der Waals surface area contributed by atoms with Gasteiger partial charge in [0.1, 0.15) is 17.6 Å². The molecule has 22 heavy (non-hydrogen) atoms. The zero-order valence-corrected chi connectivity index (χ0v) is 12.5. The molecule has 0 spiro atoms. The largest absolute Gasteiger partial charge is 0.497 e. The smallest absolute Gasteiger partial charge is 0.166 e. The van der Waals surface area contributed by atoms with E-state index in [2.05, 4.69) is 5.32 Å². The first kappa shape index (κ1) is 14.8. The fraction of sp³-hybridized carbons (Fsp3) is 0.294. The van der Waals surface area contributed by atoms with Crippen LogP contribution >= 0.6 is 0 Å². The molecule has 0 radical (unpaired) electrons. The van der Waals surface area contributed by atoms with Gasteiger partial charge in [-0.05, 0) is 25.2 Å². The highest BCUT2D eigenvalue weighted by atomic mass is 19.2. The molecule has 5 heteroatoms. The molecule has 3 nitrogen and oxygen atoms in total. The van der Waals surface area contributed by atoms with Gasteiger partial charge < -0.3 is 14.8 Å². The van der Waals surface area contributed by atoms with Crippen LogP contribution in [0.2, 0.25) is 0 Å². The number of hydrogen-bond acceptors (Lipinski definition) is 3. The number of nitrogens with one attached hydrogen (secondary N) is 1. The van der Waals surface area contributed by atoms with E-state index in [0.717, 1.165) is 11.6 Å². The number of likely N-dealkylation sites (N-methyl/N-ethyl adjacent to an activating group) is 1. The Balaban J connectivity index is 2.12. The average molecular weight is 305 g/mol. The van der Waals surface area contributed by atoms with Crippen molar-refractivity contribution in [3.63, 3.8) is 0 Å². The third kappa shape index (κ3) is 2.52. The summed E-state index contributed by atoms with van der Waals surface area (Å²) in [6.45, 7) is 0.683. The lowest BCUT2D eigenvalue weighted by Crippen LogP contribution is -2.27. The Morgan fingerprint density at radius 3 is 2.82 bits per heavy atom. The van der Waals surface area contributed by atoms with Gasteiger partial charge in [0.15, 0.2) is 11.6 Å². The molecular weight excluding hydrogens is 288 g/mol. The van der Waals surface area contributed by atoms with Crippen LogP contribution in [-0.2, 0) is 6.42 Å². The monoisotopic (exact) mass is 305 g/mol. The third-order valence-corrected chi connectivity index (χ3v) is 3.78. The summed E-state index contributed by atoms with van der Waals surface area (Å²) in [5.74, 6) is -0.547. The van der Waals surface area contributed by atoms with E-state index in [0.29, 0.717) is 30.0 Å². The number of benzene rings is 2. The van der Waals surface area contributed by atoms with Gasteiger partial charge in [-0.3, -0.25) is 0 Å². The maximum Gasteiger partial charge on any atom is 0.166 e. The van der Waals surface area contributed by atoms with Crippen molar-refractivity contribution in [2.24, 2.45) is 0 Å².